The minimum atomic E-state index is -0.603. The summed E-state index contributed by atoms with van der Waals surface area (Å²) in [7, 11) is 0. The van der Waals surface area contributed by atoms with Gasteiger partial charge in [-0.1, -0.05) is 29.8 Å². The Balaban J connectivity index is 1.75. The topological polar surface area (TPSA) is 79.0 Å². The molecule has 160 valence electrons. The van der Waals surface area contributed by atoms with E-state index in [2.05, 4.69) is 29.6 Å². The number of aryl methyl sites for hydroxylation is 2. The van der Waals surface area contributed by atoms with Crippen LogP contribution in [0.1, 0.15) is 44.7 Å². The van der Waals surface area contributed by atoms with E-state index in [-0.39, 0.29) is 18.4 Å². The fourth-order valence-corrected chi connectivity index (χ4v) is 3.15. The lowest BCUT2D eigenvalue weighted by Crippen LogP contribution is -2.43. The van der Waals surface area contributed by atoms with Crippen LogP contribution in [-0.2, 0) is 20.7 Å². The molecule has 0 bridgehead atoms. The second kappa shape index (κ2) is 10.3. The van der Waals surface area contributed by atoms with Gasteiger partial charge in [0.05, 0.1) is 0 Å². The van der Waals surface area contributed by atoms with Crippen LogP contribution in [0.5, 0.6) is 0 Å². The number of carbonyl (C=O) groups excluding carboxylic acids is 3. The smallest absolute Gasteiger partial charge is 0.408 e. The Bertz CT molecular complexity index is 710. The molecule has 1 aliphatic heterocycles. The van der Waals surface area contributed by atoms with Gasteiger partial charge in [0.1, 0.15) is 12.1 Å². The number of hydrogen-bond donors (Lipinski definition) is 1. The molecule has 1 aromatic rings. The molecule has 7 heteroatoms. The van der Waals surface area contributed by atoms with E-state index in [0.29, 0.717) is 32.6 Å². The van der Waals surface area contributed by atoms with Gasteiger partial charge >= 0.3 is 6.09 Å². The normalized spacial score (nSPS) is 14.9. The van der Waals surface area contributed by atoms with Crippen molar-refractivity contribution in [2.24, 2.45) is 0 Å². The fourth-order valence-electron chi connectivity index (χ4n) is 3.15. The van der Waals surface area contributed by atoms with E-state index in [0.717, 1.165) is 18.4 Å². The zero-order valence-electron chi connectivity index (χ0n) is 18.0. The Hall–Kier alpha value is -2.57. The molecule has 1 fully saturated rings. The Kier molecular flexibility index (Phi) is 8.05. The quantitative estimate of drug-likeness (QED) is 0.819. The van der Waals surface area contributed by atoms with Crippen molar-refractivity contribution in [2.75, 3.05) is 32.7 Å². The summed E-state index contributed by atoms with van der Waals surface area (Å²) in [6, 6.07) is 8.23. The van der Waals surface area contributed by atoms with Gasteiger partial charge in [-0.2, -0.15) is 0 Å². The van der Waals surface area contributed by atoms with Crippen LogP contribution in [0.25, 0.3) is 0 Å². The predicted molar refractivity (Wildman–Crippen MR) is 112 cm³/mol. The van der Waals surface area contributed by atoms with Gasteiger partial charge in [0.2, 0.25) is 11.8 Å². The number of alkyl carbamates (subject to hydrolysis) is 1. The molecule has 1 N–H and O–H groups in total. The zero-order chi connectivity index (χ0) is 21.4. The highest BCUT2D eigenvalue weighted by molar-refractivity contribution is 5.82. The first-order valence-corrected chi connectivity index (χ1v) is 10.2. The summed E-state index contributed by atoms with van der Waals surface area (Å²) in [4.78, 5) is 40.2. The minimum Gasteiger partial charge on any atom is -0.444 e. The summed E-state index contributed by atoms with van der Waals surface area (Å²) in [6.07, 6.45) is 1.32. The third kappa shape index (κ3) is 8.13. The number of ether oxygens (including phenoxy) is 1. The molecule has 7 nitrogen and oxygen atoms in total. The molecule has 1 aromatic carbocycles. The first kappa shape index (κ1) is 22.7. The van der Waals surface area contributed by atoms with E-state index < -0.39 is 11.7 Å². The van der Waals surface area contributed by atoms with Gasteiger partial charge in [0.15, 0.2) is 0 Å². The average molecular weight is 404 g/mol. The van der Waals surface area contributed by atoms with Crippen molar-refractivity contribution < 1.29 is 19.1 Å². The first-order chi connectivity index (χ1) is 13.6. The van der Waals surface area contributed by atoms with Gasteiger partial charge in [-0.05, 0) is 46.1 Å². The van der Waals surface area contributed by atoms with Crippen molar-refractivity contribution >= 4 is 17.9 Å². The van der Waals surface area contributed by atoms with E-state index in [9.17, 15) is 14.4 Å². The SMILES string of the molecule is Cc1ccc(CCC(=O)N2CCCN(C(=O)CNC(=O)OC(C)(C)C)CC2)cc1. The molecular formula is C22H33N3O4. The summed E-state index contributed by atoms with van der Waals surface area (Å²) in [5.41, 5.74) is 1.76. The van der Waals surface area contributed by atoms with Gasteiger partial charge in [-0.25, -0.2) is 4.79 Å². The van der Waals surface area contributed by atoms with Crippen LogP contribution in [-0.4, -0.2) is 66.0 Å². The molecule has 1 aliphatic rings. The maximum absolute atomic E-state index is 12.6. The maximum atomic E-state index is 12.6. The third-order valence-corrected chi connectivity index (χ3v) is 4.73. The molecule has 0 aliphatic carbocycles. The van der Waals surface area contributed by atoms with Crippen molar-refractivity contribution in [1.82, 2.24) is 15.1 Å². The molecule has 2 rings (SSSR count). The largest absolute Gasteiger partial charge is 0.444 e. The van der Waals surface area contributed by atoms with Gasteiger partial charge in [0, 0.05) is 32.6 Å². The predicted octanol–water partition coefficient (Wildman–Crippen LogP) is 2.51. The number of benzene rings is 1. The Labute approximate surface area is 173 Å². The number of nitrogens with one attached hydrogen (secondary N) is 1. The maximum Gasteiger partial charge on any atom is 0.408 e. The van der Waals surface area contributed by atoms with E-state index in [1.165, 1.54) is 5.56 Å². The van der Waals surface area contributed by atoms with Crippen LogP contribution in [0, 0.1) is 6.92 Å². The number of hydrogen-bond acceptors (Lipinski definition) is 4. The van der Waals surface area contributed by atoms with Crippen molar-refractivity contribution in [1.29, 1.82) is 0 Å². The van der Waals surface area contributed by atoms with Crippen LogP contribution in [0.3, 0.4) is 0 Å². The molecule has 0 unspecified atom stereocenters. The Morgan fingerprint density at radius 2 is 1.55 bits per heavy atom. The molecule has 1 heterocycles. The molecular weight excluding hydrogens is 370 g/mol. The Morgan fingerprint density at radius 3 is 2.14 bits per heavy atom. The second-order valence-corrected chi connectivity index (χ2v) is 8.46. The lowest BCUT2D eigenvalue weighted by Gasteiger charge is -2.23. The molecule has 0 radical (unpaired) electrons. The highest BCUT2D eigenvalue weighted by Gasteiger charge is 2.23. The molecule has 29 heavy (non-hydrogen) atoms. The molecule has 0 saturated carbocycles. The summed E-state index contributed by atoms with van der Waals surface area (Å²) < 4.78 is 5.14. The first-order valence-electron chi connectivity index (χ1n) is 10.2. The van der Waals surface area contributed by atoms with Crippen molar-refractivity contribution in [3.63, 3.8) is 0 Å². The lowest BCUT2D eigenvalue weighted by atomic mass is 10.1. The van der Waals surface area contributed by atoms with E-state index in [4.69, 9.17) is 4.74 Å². The van der Waals surface area contributed by atoms with Crippen molar-refractivity contribution in [3.05, 3.63) is 35.4 Å². The lowest BCUT2D eigenvalue weighted by molar-refractivity contribution is -0.133. The third-order valence-electron chi connectivity index (χ3n) is 4.73. The minimum absolute atomic E-state index is 0.101. The molecule has 0 spiro atoms. The summed E-state index contributed by atoms with van der Waals surface area (Å²) in [5, 5.41) is 2.50. The number of nitrogens with zero attached hydrogens (tertiary/aromatic N) is 2. The fraction of sp³-hybridized carbons (Fsp3) is 0.591. The highest BCUT2D eigenvalue weighted by atomic mass is 16.6. The number of rotatable bonds is 5. The zero-order valence-corrected chi connectivity index (χ0v) is 18.0. The van der Waals surface area contributed by atoms with Crippen LogP contribution in [0.2, 0.25) is 0 Å². The van der Waals surface area contributed by atoms with Crippen LogP contribution < -0.4 is 5.32 Å². The van der Waals surface area contributed by atoms with E-state index in [1.54, 1.807) is 25.7 Å². The van der Waals surface area contributed by atoms with Crippen molar-refractivity contribution in [3.8, 4) is 0 Å². The molecule has 0 atom stereocenters. The van der Waals surface area contributed by atoms with E-state index in [1.807, 2.05) is 11.8 Å². The monoisotopic (exact) mass is 403 g/mol. The van der Waals surface area contributed by atoms with E-state index >= 15 is 0 Å². The Morgan fingerprint density at radius 1 is 0.966 bits per heavy atom. The van der Waals surface area contributed by atoms with Gasteiger partial charge < -0.3 is 19.9 Å². The summed E-state index contributed by atoms with van der Waals surface area (Å²) >= 11 is 0. The number of carbonyl (C=O) groups is 3. The molecule has 0 aromatic heterocycles. The van der Waals surface area contributed by atoms with Gasteiger partial charge in [0.25, 0.3) is 0 Å². The van der Waals surface area contributed by atoms with Crippen molar-refractivity contribution in [2.45, 2.75) is 52.6 Å². The van der Waals surface area contributed by atoms with Crippen LogP contribution in [0.4, 0.5) is 4.79 Å². The molecule has 3 amide bonds. The van der Waals surface area contributed by atoms with Gasteiger partial charge in [-0.3, -0.25) is 9.59 Å². The van der Waals surface area contributed by atoms with Crippen LogP contribution >= 0.6 is 0 Å². The number of amides is 3. The standard InChI is InChI=1S/C22H33N3O4/c1-17-6-8-18(9-7-17)10-11-19(26)24-12-5-13-25(15-14-24)20(27)16-23-21(28)29-22(2,3)4/h6-9H,5,10-16H2,1-4H3,(H,23,28). The summed E-state index contributed by atoms with van der Waals surface area (Å²) in [5.74, 6) is -0.0448. The highest BCUT2D eigenvalue weighted by Crippen LogP contribution is 2.10. The van der Waals surface area contributed by atoms with Gasteiger partial charge in [-0.15, -0.1) is 0 Å². The molecule has 1 saturated heterocycles. The van der Waals surface area contributed by atoms with Crippen LogP contribution in [0.15, 0.2) is 24.3 Å². The average Bonchev–Trinajstić information content (AvgIpc) is 2.90. The summed E-state index contributed by atoms with van der Waals surface area (Å²) in [6.45, 7) is 9.48. The second-order valence-electron chi connectivity index (χ2n) is 8.46.